The third-order valence-electron chi connectivity index (χ3n) is 4.76. The first-order valence-corrected chi connectivity index (χ1v) is 7.48. The Labute approximate surface area is 125 Å². The maximum Gasteiger partial charge on any atom is 0.0918 e. The molecule has 2 aromatic carbocycles. The average molecular weight is 274 g/mol. The third-order valence-corrected chi connectivity index (χ3v) is 4.76. The van der Waals surface area contributed by atoms with Gasteiger partial charge in [0.25, 0.3) is 0 Å². The van der Waals surface area contributed by atoms with E-state index in [-0.39, 0.29) is 5.41 Å². The van der Waals surface area contributed by atoms with Crippen LogP contribution < -0.4 is 0 Å². The molecule has 1 heteroatoms. The number of benzene rings is 2. The fraction of sp³-hybridized carbons (Fsp3) is 0.200. The van der Waals surface area contributed by atoms with E-state index in [0.29, 0.717) is 5.92 Å². The zero-order valence-corrected chi connectivity index (χ0v) is 11.8. The molecule has 1 atom stereocenters. The van der Waals surface area contributed by atoms with Gasteiger partial charge in [0.15, 0.2) is 0 Å². The molecule has 0 aromatic heterocycles. The smallest absolute Gasteiger partial charge is 0.0918 e. The van der Waals surface area contributed by atoms with E-state index in [0.717, 1.165) is 12.0 Å². The molecule has 0 heterocycles. The van der Waals surface area contributed by atoms with Crippen LogP contribution in [0.4, 0.5) is 0 Å². The maximum absolute atomic E-state index is 11.0. The molecule has 2 aromatic rings. The predicted molar refractivity (Wildman–Crippen MR) is 85.0 cm³/mol. The van der Waals surface area contributed by atoms with E-state index in [9.17, 15) is 5.11 Å². The van der Waals surface area contributed by atoms with E-state index in [1.54, 1.807) is 0 Å². The summed E-state index contributed by atoms with van der Waals surface area (Å²) >= 11 is 0. The molecule has 1 N–H and O–H groups in total. The normalized spacial score (nSPS) is 27.2. The second-order valence-electron chi connectivity index (χ2n) is 6.05. The van der Waals surface area contributed by atoms with E-state index < -0.39 is 6.10 Å². The van der Waals surface area contributed by atoms with Gasteiger partial charge in [0.2, 0.25) is 0 Å². The predicted octanol–water partition coefficient (Wildman–Crippen LogP) is 4.17. The van der Waals surface area contributed by atoms with Crippen LogP contribution in [0.2, 0.25) is 0 Å². The van der Waals surface area contributed by atoms with Gasteiger partial charge in [-0.25, -0.2) is 0 Å². The summed E-state index contributed by atoms with van der Waals surface area (Å²) in [4.78, 5) is 0. The van der Waals surface area contributed by atoms with Crippen molar-refractivity contribution in [1.82, 2.24) is 0 Å². The molecule has 104 valence electrons. The van der Waals surface area contributed by atoms with Gasteiger partial charge >= 0.3 is 0 Å². The van der Waals surface area contributed by atoms with Crippen molar-refractivity contribution in [2.45, 2.75) is 18.4 Å². The Kier molecular flexibility index (Phi) is 2.83. The van der Waals surface area contributed by atoms with Crippen LogP contribution in [0, 0.1) is 5.41 Å². The molecule has 5 rings (SSSR count). The molecular weight excluding hydrogens is 256 g/mol. The quantitative estimate of drug-likeness (QED) is 0.815. The Balaban J connectivity index is 1.80. The lowest BCUT2D eigenvalue weighted by atomic mass is 9.73. The summed E-state index contributed by atoms with van der Waals surface area (Å²) in [7, 11) is 0. The molecule has 0 radical (unpaired) electrons. The Morgan fingerprint density at radius 2 is 1.57 bits per heavy atom. The minimum absolute atomic E-state index is 0.329. The highest BCUT2D eigenvalue weighted by molar-refractivity contribution is 5.46. The molecule has 0 fully saturated rings. The molecular formula is C20H18O. The number of hydrogen-bond donors (Lipinski definition) is 1. The minimum atomic E-state index is -0.515. The summed E-state index contributed by atoms with van der Waals surface area (Å²) in [6, 6.07) is 18.5. The van der Waals surface area contributed by atoms with Crippen molar-refractivity contribution < 1.29 is 5.11 Å². The van der Waals surface area contributed by atoms with Crippen LogP contribution in [0.15, 0.2) is 78.9 Å². The topological polar surface area (TPSA) is 20.2 Å². The highest BCUT2D eigenvalue weighted by Crippen LogP contribution is 2.47. The number of aliphatic hydroxyl groups excluding tert-OH is 1. The third kappa shape index (κ3) is 1.97. The molecule has 3 aliphatic carbocycles. The van der Waals surface area contributed by atoms with E-state index in [2.05, 4.69) is 48.6 Å². The van der Waals surface area contributed by atoms with Crippen LogP contribution >= 0.6 is 0 Å². The Morgan fingerprint density at radius 1 is 0.905 bits per heavy atom. The maximum atomic E-state index is 11.0. The Hall–Kier alpha value is -2.12. The van der Waals surface area contributed by atoms with Crippen LogP contribution in [0.3, 0.4) is 0 Å². The molecule has 21 heavy (non-hydrogen) atoms. The highest BCUT2D eigenvalue weighted by atomic mass is 16.3. The monoisotopic (exact) mass is 274 g/mol. The first-order chi connectivity index (χ1) is 10.3. The first-order valence-electron chi connectivity index (χ1n) is 7.48. The number of rotatable bonds is 2. The van der Waals surface area contributed by atoms with Crippen molar-refractivity contribution in [3.05, 3.63) is 95.6 Å². The minimum Gasteiger partial charge on any atom is -0.387 e. The Morgan fingerprint density at radius 3 is 2.33 bits per heavy atom. The summed E-state index contributed by atoms with van der Waals surface area (Å²) in [5, 5.41) is 11.0. The second kappa shape index (κ2) is 4.71. The molecule has 0 spiro atoms. The Bertz CT molecular complexity index is 698. The fourth-order valence-corrected chi connectivity index (χ4v) is 3.59. The summed E-state index contributed by atoms with van der Waals surface area (Å²) < 4.78 is 0. The molecule has 0 amide bonds. The van der Waals surface area contributed by atoms with Gasteiger partial charge in [0, 0.05) is 11.3 Å². The van der Waals surface area contributed by atoms with Crippen LogP contribution in [-0.2, 0) is 6.42 Å². The number of hydrogen-bond acceptors (Lipinski definition) is 1. The van der Waals surface area contributed by atoms with Crippen molar-refractivity contribution in [3.63, 3.8) is 0 Å². The van der Waals surface area contributed by atoms with Crippen LogP contribution in [0.25, 0.3) is 0 Å². The number of allylic oxidation sites excluding steroid dienone is 2. The van der Waals surface area contributed by atoms with Gasteiger partial charge in [-0.3, -0.25) is 0 Å². The second-order valence-corrected chi connectivity index (χ2v) is 6.05. The van der Waals surface area contributed by atoms with Gasteiger partial charge in [0.05, 0.1) is 6.10 Å². The SMILES string of the molecule is OC(c1ccccc1)C12C=CC(C=C1)c1ccccc1C2. The van der Waals surface area contributed by atoms with Crippen molar-refractivity contribution in [2.75, 3.05) is 0 Å². The molecule has 0 saturated heterocycles. The molecule has 3 aliphatic rings. The fourth-order valence-electron chi connectivity index (χ4n) is 3.59. The summed E-state index contributed by atoms with van der Waals surface area (Å²) in [6.45, 7) is 0. The van der Waals surface area contributed by atoms with Crippen molar-refractivity contribution in [2.24, 2.45) is 5.41 Å². The van der Waals surface area contributed by atoms with Gasteiger partial charge in [-0.1, -0.05) is 78.9 Å². The molecule has 0 aliphatic heterocycles. The summed E-state index contributed by atoms with van der Waals surface area (Å²) in [5.41, 5.74) is 3.35. The molecule has 2 bridgehead atoms. The van der Waals surface area contributed by atoms with Gasteiger partial charge in [0.1, 0.15) is 0 Å². The lowest BCUT2D eigenvalue weighted by Gasteiger charge is -2.33. The van der Waals surface area contributed by atoms with Gasteiger partial charge in [-0.05, 0) is 23.1 Å². The van der Waals surface area contributed by atoms with E-state index in [1.807, 2.05) is 30.3 Å². The lowest BCUT2D eigenvalue weighted by Crippen LogP contribution is -2.27. The largest absolute Gasteiger partial charge is 0.387 e. The van der Waals surface area contributed by atoms with E-state index in [4.69, 9.17) is 0 Å². The van der Waals surface area contributed by atoms with Crippen LogP contribution in [0.1, 0.15) is 28.7 Å². The van der Waals surface area contributed by atoms with Gasteiger partial charge in [-0.15, -0.1) is 0 Å². The van der Waals surface area contributed by atoms with Crippen LogP contribution in [0.5, 0.6) is 0 Å². The standard InChI is InChI=1S/C20H18O/c21-19(16-6-2-1-3-7-16)20-12-10-15(11-13-20)18-9-5-4-8-17(18)14-20/h1-13,15,19,21H,14H2. The van der Waals surface area contributed by atoms with Gasteiger partial charge in [-0.2, -0.15) is 0 Å². The van der Waals surface area contributed by atoms with Crippen LogP contribution in [-0.4, -0.2) is 5.11 Å². The van der Waals surface area contributed by atoms with Crippen molar-refractivity contribution >= 4 is 0 Å². The van der Waals surface area contributed by atoms with Crippen molar-refractivity contribution in [1.29, 1.82) is 0 Å². The van der Waals surface area contributed by atoms with E-state index in [1.165, 1.54) is 11.1 Å². The first kappa shape index (κ1) is 12.6. The number of aliphatic hydroxyl groups is 1. The zero-order chi connectivity index (χ0) is 14.3. The molecule has 1 nitrogen and oxygen atoms in total. The van der Waals surface area contributed by atoms with Crippen molar-refractivity contribution in [3.8, 4) is 0 Å². The summed E-state index contributed by atoms with van der Waals surface area (Å²) in [5.74, 6) is 0.347. The highest BCUT2D eigenvalue weighted by Gasteiger charge is 2.39. The summed E-state index contributed by atoms with van der Waals surface area (Å²) in [6.07, 6.45) is 9.21. The average Bonchev–Trinajstić information content (AvgIpc) is 2.82. The molecule has 1 unspecified atom stereocenters. The van der Waals surface area contributed by atoms with Gasteiger partial charge < -0.3 is 5.11 Å². The zero-order valence-electron chi connectivity index (χ0n) is 11.8. The molecule has 0 saturated carbocycles. The lowest BCUT2D eigenvalue weighted by molar-refractivity contribution is 0.0881. The van der Waals surface area contributed by atoms with E-state index >= 15 is 0 Å².